The van der Waals surface area contributed by atoms with Crippen LogP contribution in [0.3, 0.4) is 0 Å². The Morgan fingerprint density at radius 2 is 2.12 bits per heavy atom. The maximum absolute atomic E-state index is 12.3. The number of carbonyl (C=O) groups excluding carboxylic acids is 1. The molecule has 8 nitrogen and oxygen atoms in total. The number of anilines is 1. The molecule has 0 radical (unpaired) electrons. The molecule has 0 fully saturated rings. The standard InChI is InChI=1S/C12H14ClN5O3S3/c1-3-5-24(20,21)11-14-6-7(13)8(15-11)9(19)16-10-17-18-12(23-10)22-4-2/h6H,3-5H2,1-2H3,(H,16,17,19). The Hall–Kier alpha value is -1.30. The fourth-order valence-corrected chi connectivity index (χ4v) is 4.60. The fourth-order valence-electron chi connectivity index (χ4n) is 1.62. The van der Waals surface area contributed by atoms with Crippen LogP contribution in [0.1, 0.15) is 30.8 Å². The largest absolute Gasteiger partial charge is 0.295 e. The molecule has 0 saturated heterocycles. The average molecular weight is 408 g/mol. The van der Waals surface area contributed by atoms with Crippen molar-refractivity contribution in [3.8, 4) is 0 Å². The second kappa shape index (κ2) is 8.19. The normalized spacial score (nSPS) is 11.5. The smallest absolute Gasteiger partial charge is 0.277 e. The van der Waals surface area contributed by atoms with Crippen LogP contribution in [0.15, 0.2) is 15.7 Å². The predicted molar refractivity (Wildman–Crippen MR) is 93.6 cm³/mol. The van der Waals surface area contributed by atoms with Crippen molar-refractivity contribution in [2.24, 2.45) is 0 Å². The van der Waals surface area contributed by atoms with E-state index in [9.17, 15) is 13.2 Å². The number of sulfone groups is 1. The quantitative estimate of drug-likeness (QED) is 0.423. The highest BCUT2D eigenvalue weighted by Crippen LogP contribution is 2.26. The number of carbonyl (C=O) groups is 1. The van der Waals surface area contributed by atoms with E-state index in [1.807, 2.05) is 6.92 Å². The van der Waals surface area contributed by atoms with E-state index in [0.717, 1.165) is 11.9 Å². The first-order chi connectivity index (χ1) is 11.4. The molecule has 0 aliphatic rings. The van der Waals surface area contributed by atoms with Gasteiger partial charge in [-0.15, -0.1) is 10.2 Å². The number of thioether (sulfide) groups is 1. The zero-order chi connectivity index (χ0) is 17.7. The van der Waals surface area contributed by atoms with Gasteiger partial charge < -0.3 is 0 Å². The van der Waals surface area contributed by atoms with Crippen molar-refractivity contribution in [2.75, 3.05) is 16.8 Å². The Labute approximate surface area is 152 Å². The summed E-state index contributed by atoms with van der Waals surface area (Å²) in [5.41, 5.74) is -0.221. The van der Waals surface area contributed by atoms with Crippen LogP contribution in [0.25, 0.3) is 0 Å². The van der Waals surface area contributed by atoms with E-state index in [0.29, 0.717) is 10.8 Å². The first-order valence-corrected chi connectivity index (χ1v) is 10.7. The molecule has 1 N–H and O–H groups in total. The van der Waals surface area contributed by atoms with Crippen LogP contribution < -0.4 is 5.32 Å². The van der Waals surface area contributed by atoms with Crippen LogP contribution in [0.5, 0.6) is 0 Å². The van der Waals surface area contributed by atoms with E-state index in [-0.39, 0.29) is 21.6 Å². The van der Waals surface area contributed by atoms with E-state index in [1.165, 1.54) is 23.1 Å². The minimum absolute atomic E-state index is 0.0457. The van der Waals surface area contributed by atoms with Gasteiger partial charge in [0.05, 0.1) is 17.0 Å². The van der Waals surface area contributed by atoms with E-state index >= 15 is 0 Å². The molecule has 0 spiro atoms. The zero-order valence-electron chi connectivity index (χ0n) is 12.8. The summed E-state index contributed by atoms with van der Waals surface area (Å²) in [6.07, 6.45) is 1.52. The molecule has 0 aliphatic carbocycles. The number of amides is 1. The first kappa shape index (κ1) is 19.0. The molecule has 0 aromatic carbocycles. The van der Waals surface area contributed by atoms with Crippen LogP contribution in [-0.4, -0.2) is 46.0 Å². The third-order valence-corrected chi connectivity index (χ3v) is 6.41. The maximum Gasteiger partial charge on any atom is 0.277 e. The number of hydrogen-bond acceptors (Lipinski definition) is 9. The van der Waals surface area contributed by atoms with E-state index in [4.69, 9.17) is 11.6 Å². The van der Waals surface area contributed by atoms with Crippen LogP contribution in [-0.2, 0) is 9.84 Å². The van der Waals surface area contributed by atoms with Crippen molar-refractivity contribution < 1.29 is 13.2 Å². The van der Waals surface area contributed by atoms with E-state index < -0.39 is 20.9 Å². The number of halogens is 1. The van der Waals surface area contributed by atoms with Gasteiger partial charge in [-0.2, -0.15) is 0 Å². The van der Waals surface area contributed by atoms with Gasteiger partial charge >= 0.3 is 0 Å². The highest BCUT2D eigenvalue weighted by molar-refractivity contribution is 8.01. The van der Waals surface area contributed by atoms with Crippen LogP contribution in [0.4, 0.5) is 5.13 Å². The average Bonchev–Trinajstić information content (AvgIpc) is 2.95. The summed E-state index contributed by atoms with van der Waals surface area (Å²) in [6, 6.07) is 0. The summed E-state index contributed by atoms with van der Waals surface area (Å²) in [5, 5.41) is 10.1. The summed E-state index contributed by atoms with van der Waals surface area (Å²) >= 11 is 8.63. The summed E-state index contributed by atoms with van der Waals surface area (Å²) < 4.78 is 24.8. The maximum atomic E-state index is 12.3. The molecule has 2 heterocycles. The lowest BCUT2D eigenvalue weighted by molar-refractivity contribution is 0.102. The predicted octanol–water partition coefficient (Wildman–Crippen LogP) is 2.53. The minimum Gasteiger partial charge on any atom is -0.295 e. The van der Waals surface area contributed by atoms with Crippen molar-refractivity contribution in [3.63, 3.8) is 0 Å². The van der Waals surface area contributed by atoms with Gasteiger partial charge in [-0.3, -0.25) is 10.1 Å². The third-order valence-electron chi connectivity index (χ3n) is 2.58. The molecule has 2 aromatic rings. The molecule has 0 unspecified atom stereocenters. The van der Waals surface area contributed by atoms with E-state index in [2.05, 4.69) is 25.5 Å². The molecular formula is C12H14ClN5O3S3. The molecule has 130 valence electrons. The first-order valence-electron chi connectivity index (χ1n) is 6.90. The number of nitrogens with one attached hydrogen (secondary N) is 1. The fraction of sp³-hybridized carbons (Fsp3) is 0.417. The van der Waals surface area contributed by atoms with Gasteiger partial charge in [0.2, 0.25) is 20.1 Å². The molecule has 0 aliphatic heterocycles. The summed E-state index contributed by atoms with van der Waals surface area (Å²) in [5.74, 6) is 0.0578. The molecule has 0 bridgehead atoms. The minimum atomic E-state index is -3.65. The van der Waals surface area contributed by atoms with Gasteiger partial charge in [0.1, 0.15) is 0 Å². The molecule has 24 heavy (non-hydrogen) atoms. The van der Waals surface area contributed by atoms with Crippen LogP contribution in [0, 0.1) is 0 Å². The highest BCUT2D eigenvalue weighted by Gasteiger charge is 2.22. The Morgan fingerprint density at radius 1 is 1.38 bits per heavy atom. The van der Waals surface area contributed by atoms with Gasteiger partial charge in [-0.05, 0) is 12.2 Å². The molecular weight excluding hydrogens is 394 g/mol. The monoisotopic (exact) mass is 407 g/mol. The van der Waals surface area contributed by atoms with Crippen LogP contribution >= 0.6 is 34.7 Å². The molecule has 2 aromatic heterocycles. The molecule has 0 atom stereocenters. The Balaban J connectivity index is 2.25. The lowest BCUT2D eigenvalue weighted by Crippen LogP contribution is -2.18. The number of aromatic nitrogens is 4. The third kappa shape index (κ3) is 4.62. The van der Waals surface area contributed by atoms with Gasteiger partial charge in [0.15, 0.2) is 10.0 Å². The summed E-state index contributed by atoms with van der Waals surface area (Å²) in [6.45, 7) is 3.70. The number of nitrogens with zero attached hydrogens (tertiary/aromatic N) is 4. The van der Waals surface area contributed by atoms with Gasteiger partial charge in [-0.1, -0.05) is 48.5 Å². The van der Waals surface area contributed by atoms with E-state index in [1.54, 1.807) is 6.92 Å². The lowest BCUT2D eigenvalue weighted by atomic mass is 10.4. The molecule has 12 heteroatoms. The molecule has 2 rings (SSSR count). The number of hydrogen-bond donors (Lipinski definition) is 1. The second-order valence-corrected chi connectivity index (χ2v) is 9.33. The topological polar surface area (TPSA) is 115 Å². The lowest BCUT2D eigenvalue weighted by Gasteiger charge is -2.05. The van der Waals surface area contributed by atoms with Crippen molar-refractivity contribution in [1.82, 2.24) is 20.2 Å². The highest BCUT2D eigenvalue weighted by atomic mass is 35.5. The Morgan fingerprint density at radius 3 is 2.79 bits per heavy atom. The Kier molecular flexibility index (Phi) is 6.49. The van der Waals surface area contributed by atoms with Crippen LogP contribution in [0.2, 0.25) is 5.02 Å². The number of rotatable bonds is 7. The summed E-state index contributed by atoms with van der Waals surface area (Å²) in [7, 11) is -3.65. The zero-order valence-corrected chi connectivity index (χ0v) is 16.0. The van der Waals surface area contributed by atoms with Crippen molar-refractivity contribution in [1.29, 1.82) is 0 Å². The molecule has 1 amide bonds. The second-order valence-electron chi connectivity index (χ2n) is 4.43. The SMILES string of the molecule is CCCS(=O)(=O)c1ncc(Cl)c(C(=O)Nc2nnc(SCC)s2)n1. The van der Waals surface area contributed by atoms with Crippen molar-refractivity contribution >= 4 is 55.6 Å². The van der Waals surface area contributed by atoms with Gasteiger partial charge in [-0.25, -0.2) is 18.4 Å². The Bertz CT molecular complexity index is 840. The molecule has 0 saturated carbocycles. The van der Waals surface area contributed by atoms with Gasteiger partial charge in [0, 0.05) is 0 Å². The van der Waals surface area contributed by atoms with Gasteiger partial charge in [0.25, 0.3) is 5.91 Å². The van der Waals surface area contributed by atoms with Crippen molar-refractivity contribution in [2.45, 2.75) is 29.8 Å². The summed E-state index contributed by atoms with van der Waals surface area (Å²) in [4.78, 5) is 19.8. The van der Waals surface area contributed by atoms with Crippen molar-refractivity contribution in [3.05, 3.63) is 16.9 Å².